The number of nitrogens with zero attached hydrogens (tertiary/aromatic N) is 4. The monoisotopic (exact) mass is 440 g/mol. The highest BCUT2D eigenvalue weighted by atomic mass is 16.5. The molecule has 2 N–H and O–H groups in total. The zero-order valence-corrected chi connectivity index (χ0v) is 19.6. The maximum Gasteiger partial charge on any atom is 0.192 e. The number of hydrogen-bond donors (Lipinski definition) is 2. The number of guanidine groups is 1. The van der Waals surface area contributed by atoms with E-state index in [-0.39, 0.29) is 11.5 Å². The number of hydrogen-bond acceptors (Lipinski definition) is 5. The van der Waals surface area contributed by atoms with Gasteiger partial charge in [0.05, 0.1) is 12.6 Å². The van der Waals surface area contributed by atoms with Crippen LogP contribution in [0.5, 0.6) is 5.75 Å². The summed E-state index contributed by atoms with van der Waals surface area (Å²) in [5.41, 5.74) is 1.45. The molecule has 0 saturated heterocycles. The summed E-state index contributed by atoms with van der Waals surface area (Å²) in [6.45, 7) is 4.82. The van der Waals surface area contributed by atoms with Crippen LogP contribution in [0.25, 0.3) is 0 Å². The predicted molar refractivity (Wildman–Crippen MR) is 125 cm³/mol. The van der Waals surface area contributed by atoms with Crippen molar-refractivity contribution in [3.05, 3.63) is 41.5 Å². The molecule has 1 fully saturated rings. The van der Waals surface area contributed by atoms with E-state index in [0.29, 0.717) is 13.2 Å². The number of aryl methyl sites for hydroxylation is 1. The van der Waals surface area contributed by atoms with Gasteiger partial charge in [-0.3, -0.25) is 0 Å². The maximum atomic E-state index is 5.85. The number of fused-ring (bicyclic) bond motifs is 1. The van der Waals surface area contributed by atoms with E-state index in [0.717, 1.165) is 49.4 Å². The highest BCUT2D eigenvalue weighted by molar-refractivity contribution is 5.80. The first kappa shape index (κ1) is 22.6. The molecule has 0 bridgehead atoms. The van der Waals surface area contributed by atoms with E-state index in [2.05, 4.69) is 33.0 Å². The molecule has 0 amide bonds. The Morgan fingerprint density at radius 2 is 2.09 bits per heavy atom. The number of rotatable bonds is 8. The Morgan fingerprint density at radius 3 is 2.84 bits per heavy atom. The van der Waals surface area contributed by atoms with Gasteiger partial charge in [-0.1, -0.05) is 31.0 Å². The van der Waals surface area contributed by atoms with Crippen molar-refractivity contribution in [1.29, 1.82) is 0 Å². The molecule has 1 aromatic carbocycles. The van der Waals surface area contributed by atoms with Gasteiger partial charge in [0, 0.05) is 39.3 Å². The number of methoxy groups -OCH3 is 1. The maximum absolute atomic E-state index is 5.85. The molecule has 1 saturated carbocycles. The van der Waals surface area contributed by atoms with Crippen molar-refractivity contribution >= 4 is 5.96 Å². The van der Waals surface area contributed by atoms with Crippen molar-refractivity contribution in [2.24, 2.45) is 17.5 Å². The molecule has 2 heterocycles. The minimum Gasteiger partial charge on any atom is -0.493 e. The average Bonchev–Trinajstić information content (AvgIpc) is 3.42. The van der Waals surface area contributed by atoms with E-state index in [1.807, 2.05) is 30.7 Å². The van der Waals surface area contributed by atoms with Crippen LogP contribution in [0, 0.1) is 12.3 Å². The molecule has 0 spiro atoms. The minimum absolute atomic E-state index is 0.158. The van der Waals surface area contributed by atoms with E-state index in [9.17, 15) is 0 Å². The minimum atomic E-state index is 0.158. The van der Waals surface area contributed by atoms with Crippen LogP contribution >= 0.6 is 0 Å². The molecule has 2 aliphatic rings. The van der Waals surface area contributed by atoms with Gasteiger partial charge in [0.15, 0.2) is 11.8 Å². The fourth-order valence-electron chi connectivity index (χ4n) is 4.78. The van der Waals surface area contributed by atoms with Crippen molar-refractivity contribution in [3.63, 3.8) is 0 Å². The molecule has 1 unspecified atom stereocenters. The first-order valence-electron chi connectivity index (χ1n) is 11.7. The fourth-order valence-corrected chi connectivity index (χ4v) is 4.78. The lowest BCUT2D eigenvalue weighted by Crippen LogP contribution is -2.45. The zero-order valence-electron chi connectivity index (χ0n) is 19.6. The first-order valence-corrected chi connectivity index (χ1v) is 11.7. The Kier molecular flexibility index (Phi) is 7.29. The van der Waals surface area contributed by atoms with Crippen LogP contribution in [0.15, 0.2) is 29.3 Å². The zero-order chi connectivity index (χ0) is 22.4. The second kappa shape index (κ2) is 10.3. The molecule has 32 heavy (non-hydrogen) atoms. The molecule has 1 aliphatic heterocycles. The Bertz CT molecular complexity index is 919. The van der Waals surface area contributed by atoms with Gasteiger partial charge in [0.25, 0.3) is 0 Å². The van der Waals surface area contributed by atoms with Crippen LogP contribution in [0.2, 0.25) is 0 Å². The van der Waals surface area contributed by atoms with E-state index < -0.39 is 0 Å². The van der Waals surface area contributed by atoms with E-state index in [1.54, 1.807) is 7.11 Å². The Balaban J connectivity index is 1.51. The van der Waals surface area contributed by atoms with Gasteiger partial charge in [0.1, 0.15) is 18.1 Å². The van der Waals surface area contributed by atoms with Crippen molar-refractivity contribution in [2.75, 3.05) is 26.9 Å². The van der Waals surface area contributed by atoms with Crippen LogP contribution in [-0.2, 0) is 18.3 Å². The van der Waals surface area contributed by atoms with Crippen LogP contribution in [0.4, 0.5) is 0 Å². The lowest BCUT2D eigenvalue weighted by molar-refractivity contribution is 0.138. The Hall–Kier alpha value is -2.61. The van der Waals surface area contributed by atoms with Crippen molar-refractivity contribution in [1.82, 2.24) is 25.4 Å². The summed E-state index contributed by atoms with van der Waals surface area (Å²) in [5.74, 6) is 3.51. The molecule has 8 heteroatoms. The molecule has 1 aromatic heterocycles. The lowest BCUT2D eigenvalue weighted by Gasteiger charge is -2.32. The number of benzene rings is 1. The quantitative estimate of drug-likeness (QED) is 0.484. The van der Waals surface area contributed by atoms with Crippen LogP contribution < -0.4 is 15.4 Å². The van der Waals surface area contributed by atoms with Crippen LogP contribution in [0.3, 0.4) is 0 Å². The van der Waals surface area contributed by atoms with E-state index in [1.165, 1.54) is 31.2 Å². The van der Waals surface area contributed by atoms with E-state index in [4.69, 9.17) is 14.5 Å². The van der Waals surface area contributed by atoms with Gasteiger partial charge in [-0.15, -0.1) is 10.2 Å². The summed E-state index contributed by atoms with van der Waals surface area (Å²) >= 11 is 0. The summed E-state index contributed by atoms with van der Waals surface area (Å²) in [5, 5.41) is 15.8. The summed E-state index contributed by atoms with van der Waals surface area (Å²) in [4.78, 5) is 4.91. The molecule has 1 atom stereocenters. The SMILES string of the molecule is COCCC1(CNC(=NCc2nnc(C)n2C)NC2CCOc3ccccc32)CCCC1. The summed E-state index contributed by atoms with van der Waals surface area (Å²) in [7, 11) is 3.77. The largest absolute Gasteiger partial charge is 0.493 e. The normalized spacial score (nSPS) is 20.0. The lowest BCUT2D eigenvalue weighted by atomic mass is 9.83. The van der Waals surface area contributed by atoms with Gasteiger partial charge in [0.2, 0.25) is 0 Å². The van der Waals surface area contributed by atoms with Crippen LogP contribution in [-0.4, -0.2) is 47.6 Å². The third-order valence-corrected chi connectivity index (χ3v) is 6.96. The summed E-state index contributed by atoms with van der Waals surface area (Å²) in [6.07, 6.45) is 7.02. The van der Waals surface area contributed by atoms with Crippen LogP contribution in [0.1, 0.15) is 61.8 Å². The third kappa shape index (κ3) is 5.23. The molecule has 4 rings (SSSR count). The number of aromatic nitrogens is 3. The Morgan fingerprint density at radius 1 is 1.28 bits per heavy atom. The molecule has 174 valence electrons. The number of ether oxygens (including phenoxy) is 2. The molecule has 8 nitrogen and oxygen atoms in total. The van der Waals surface area contributed by atoms with Gasteiger partial charge in [-0.2, -0.15) is 0 Å². The van der Waals surface area contributed by atoms with E-state index >= 15 is 0 Å². The summed E-state index contributed by atoms with van der Waals surface area (Å²) < 4.78 is 13.2. The fraction of sp³-hybridized carbons (Fsp3) is 0.625. The molecular formula is C24H36N6O2. The summed E-state index contributed by atoms with van der Waals surface area (Å²) in [6, 6.07) is 8.41. The average molecular weight is 441 g/mol. The van der Waals surface area contributed by atoms with Gasteiger partial charge < -0.3 is 24.7 Å². The first-order chi connectivity index (χ1) is 15.6. The molecule has 1 aliphatic carbocycles. The number of para-hydroxylation sites is 1. The van der Waals surface area contributed by atoms with Crippen molar-refractivity contribution in [2.45, 2.75) is 58.0 Å². The smallest absolute Gasteiger partial charge is 0.192 e. The second-order valence-corrected chi connectivity index (χ2v) is 9.06. The van der Waals surface area contributed by atoms with Crippen molar-refractivity contribution in [3.8, 4) is 5.75 Å². The number of aliphatic imine (C=N–C) groups is 1. The third-order valence-electron chi connectivity index (χ3n) is 6.96. The van der Waals surface area contributed by atoms with Crippen molar-refractivity contribution < 1.29 is 9.47 Å². The highest BCUT2D eigenvalue weighted by Gasteiger charge is 2.34. The molecule has 0 radical (unpaired) electrons. The van der Waals surface area contributed by atoms with Gasteiger partial charge in [-0.05, 0) is 37.7 Å². The predicted octanol–water partition coefficient (Wildman–Crippen LogP) is 3.28. The van der Waals surface area contributed by atoms with Gasteiger partial charge in [-0.25, -0.2) is 4.99 Å². The standard InChI is InChI=1S/C24H36N6O2/c1-18-28-29-22(30(18)2)16-25-23(26-17-24(13-15-31-3)11-6-7-12-24)27-20-10-14-32-21-9-5-4-8-19(20)21/h4-5,8-9,20H,6-7,10-17H2,1-3H3,(H2,25,26,27). The molecular weight excluding hydrogens is 404 g/mol. The highest BCUT2D eigenvalue weighted by Crippen LogP contribution is 2.40. The number of nitrogens with one attached hydrogen (secondary N) is 2. The van der Waals surface area contributed by atoms with Gasteiger partial charge >= 0.3 is 0 Å². The molecule has 2 aromatic rings. The Labute approximate surface area is 190 Å². The topological polar surface area (TPSA) is 85.6 Å². The second-order valence-electron chi connectivity index (χ2n) is 9.06.